The molecular weight excluding hydrogens is 683 g/mol. The first-order chi connectivity index (χ1) is 27.0. The lowest BCUT2D eigenvalue weighted by molar-refractivity contribution is -0.151. The smallest absolute Gasteiger partial charge is 0.306 e. The second-order valence-corrected chi connectivity index (χ2v) is 16.5. The van der Waals surface area contributed by atoms with Gasteiger partial charge in [-0.2, -0.15) is 0 Å². The van der Waals surface area contributed by atoms with Crippen LogP contribution >= 0.6 is 0 Å². The molecule has 3 atom stereocenters. The van der Waals surface area contributed by atoms with Gasteiger partial charge in [0.25, 0.3) is 0 Å². The molecule has 0 radical (unpaired) electrons. The highest BCUT2D eigenvalue weighted by atomic mass is 16.5. The highest BCUT2D eigenvalue weighted by Crippen LogP contribution is 2.18. The second-order valence-electron chi connectivity index (χ2n) is 16.5. The Morgan fingerprint density at radius 3 is 1.42 bits per heavy atom. The highest BCUT2D eigenvalue weighted by Gasteiger charge is 2.24. The molecule has 0 bridgehead atoms. The van der Waals surface area contributed by atoms with Crippen molar-refractivity contribution in [2.24, 2.45) is 0 Å². The summed E-state index contributed by atoms with van der Waals surface area (Å²) >= 11 is 0. The van der Waals surface area contributed by atoms with Crippen molar-refractivity contribution in [1.82, 2.24) is 5.32 Å². The Morgan fingerprint density at radius 2 is 0.927 bits per heavy atom. The predicted octanol–water partition coefficient (Wildman–Crippen LogP) is 14.0. The van der Waals surface area contributed by atoms with E-state index in [0.717, 1.165) is 70.6 Å². The Balaban J connectivity index is 4.60. The molecule has 0 aromatic carbocycles. The molecule has 0 saturated carbocycles. The molecule has 6 nitrogen and oxygen atoms in total. The van der Waals surface area contributed by atoms with Crippen molar-refractivity contribution in [2.45, 2.75) is 270 Å². The van der Waals surface area contributed by atoms with E-state index in [0.29, 0.717) is 19.3 Å². The third-order valence-electron chi connectivity index (χ3n) is 11.0. The number of carbonyl (C=O) groups excluding carboxylic acids is 2. The van der Waals surface area contributed by atoms with E-state index in [1.165, 1.54) is 135 Å². The average Bonchev–Trinajstić information content (AvgIpc) is 3.18. The largest absolute Gasteiger partial charge is 0.462 e. The molecule has 0 aliphatic carbocycles. The Morgan fingerprint density at radius 1 is 0.527 bits per heavy atom. The molecule has 0 aromatic heterocycles. The summed E-state index contributed by atoms with van der Waals surface area (Å²) in [7, 11) is 0. The Labute approximate surface area is 341 Å². The Kier molecular flexibility index (Phi) is 42.2. The number of amides is 1. The number of rotatable bonds is 43. The first kappa shape index (κ1) is 53.3. The number of hydrogen-bond donors (Lipinski definition) is 3. The number of nitrogens with one attached hydrogen (secondary N) is 1. The quantitative estimate of drug-likeness (QED) is 0.0326. The van der Waals surface area contributed by atoms with E-state index in [1.807, 2.05) is 0 Å². The molecule has 3 N–H and O–H groups in total. The molecule has 6 heteroatoms. The Bertz CT molecular complexity index is 873. The molecule has 324 valence electrons. The molecule has 0 saturated heterocycles. The summed E-state index contributed by atoms with van der Waals surface area (Å²) in [4.78, 5) is 26.0. The summed E-state index contributed by atoms with van der Waals surface area (Å²) in [6.07, 6.45) is 48.0. The maximum atomic E-state index is 13.1. The van der Waals surface area contributed by atoms with E-state index in [-0.39, 0.29) is 24.9 Å². The topological polar surface area (TPSA) is 95.9 Å². The van der Waals surface area contributed by atoms with Crippen LogP contribution in [-0.4, -0.2) is 46.9 Å². The van der Waals surface area contributed by atoms with Gasteiger partial charge in [-0.3, -0.25) is 9.59 Å². The standard InChI is InChI=1S/C49H93NO5/c1-4-7-10-13-16-19-22-23-24-25-27-28-31-34-37-40-45(55-49(54)42-39-36-33-30-21-18-15-12-9-6-3)43-48(53)50-46(44-51)47(52)41-38-35-32-29-26-20-17-14-11-8-5-2/h16,19,23-24,45-47,51-52H,4-15,17-18,20-22,25-44H2,1-3H3,(H,50,53)/b19-16-,24-23-. The van der Waals surface area contributed by atoms with Gasteiger partial charge >= 0.3 is 5.97 Å². The minimum Gasteiger partial charge on any atom is -0.462 e. The minimum atomic E-state index is -0.785. The van der Waals surface area contributed by atoms with E-state index in [2.05, 4.69) is 50.4 Å². The average molecular weight is 776 g/mol. The number of aliphatic hydroxyl groups is 2. The molecule has 0 aromatic rings. The molecule has 3 unspecified atom stereocenters. The first-order valence-electron chi connectivity index (χ1n) is 24.1. The van der Waals surface area contributed by atoms with Crippen molar-refractivity contribution >= 4 is 11.9 Å². The first-order valence-corrected chi connectivity index (χ1v) is 24.1. The molecule has 0 aliphatic rings. The van der Waals surface area contributed by atoms with E-state index < -0.39 is 18.2 Å². The van der Waals surface area contributed by atoms with Gasteiger partial charge in [0.1, 0.15) is 6.10 Å². The fourth-order valence-corrected chi connectivity index (χ4v) is 7.34. The third kappa shape index (κ3) is 39.0. The summed E-state index contributed by atoms with van der Waals surface area (Å²) in [5.41, 5.74) is 0. The van der Waals surface area contributed by atoms with E-state index >= 15 is 0 Å². The molecule has 55 heavy (non-hydrogen) atoms. The van der Waals surface area contributed by atoms with Crippen molar-refractivity contribution in [1.29, 1.82) is 0 Å². The number of allylic oxidation sites excluding steroid dienone is 4. The van der Waals surface area contributed by atoms with Crippen LogP contribution < -0.4 is 5.32 Å². The van der Waals surface area contributed by atoms with Crippen molar-refractivity contribution in [2.75, 3.05) is 6.61 Å². The number of unbranched alkanes of at least 4 members (excludes halogenated alkanes) is 27. The van der Waals surface area contributed by atoms with Gasteiger partial charge < -0.3 is 20.3 Å². The van der Waals surface area contributed by atoms with Crippen molar-refractivity contribution in [3.63, 3.8) is 0 Å². The predicted molar refractivity (Wildman–Crippen MR) is 236 cm³/mol. The van der Waals surface area contributed by atoms with Crippen molar-refractivity contribution in [3.8, 4) is 0 Å². The summed E-state index contributed by atoms with van der Waals surface area (Å²) in [6.45, 7) is 6.44. The fourth-order valence-electron chi connectivity index (χ4n) is 7.34. The zero-order valence-corrected chi connectivity index (χ0v) is 36.8. The van der Waals surface area contributed by atoms with Crippen molar-refractivity contribution < 1.29 is 24.5 Å². The van der Waals surface area contributed by atoms with E-state index in [9.17, 15) is 19.8 Å². The summed E-state index contributed by atoms with van der Waals surface area (Å²) in [5.74, 6) is -0.480. The van der Waals surface area contributed by atoms with Gasteiger partial charge in [-0.05, 0) is 57.8 Å². The van der Waals surface area contributed by atoms with Crippen LogP contribution in [0.2, 0.25) is 0 Å². The highest BCUT2D eigenvalue weighted by molar-refractivity contribution is 5.77. The number of carbonyl (C=O) groups is 2. The van der Waals surface area contributed by atoms with Gasteiger partial charge in [-0.25, -0.2) is 0 Å². The molecule has 0 spiro atoms. The normalized spacial score (nSPS) is 13.5. The molecule has 0 fully saturated rings. The lowest BCUT2D eigenvalue weighted by Gasteiger charge is -2.24. The number of aliphatic hydroxyl groups excluding tert-OH is 2. The second kappa shape index (κ2) is 43.5. The molecule has 0 heterocycles. The lowest BCUT2D eigenvalue weighted by atomic mass is 10.0. The fraction of sp³-hybridized carbons (Fsp3) is 0.878. The van der Waals surface area contributed by atoms with Crippen LogP contribution in [0, 0.1) is 0 Å². The molecule has 0 aliphatic heterocycles. The minimum absolute atomic E-state index is 0.0727. The number of esters is 1. The van der Waals surface area contributed by atoms with Gasteiger partial charge in [-0.1, -0.05) is 206 Å². The van der Waals surface area contributed by atoms with Crippen LogP contribution in [0.15, 0.2) is 24.3 Å². The molecule has 1 amide bonds. The zero-order valence-electron chi connectivity index (χ0n) is 36.8. The van der Waals surface area contributed by atoms with Crippen molar-refractivity contribution in [3.05, 3.63) is 24.3 Å². The number of ether oxygens (including phenoxy) is 1. The molecular formula is C49H93NO5. The summed E-state index contributed by atoms with van der Waals surface area (Å²) in [5, 5.41) is 23.7. The zero-order chi connectivity index (χ0) is 40.3. The lowest BCUT2D eigenvalue weighted by Crippen LogP contribution is -2.46. The SMILES string of the molecule is CCCCC/C=C\C/C=C\CCCCCCCC(CC(=O)NC(CO)C(O)CCCCCCCCCCCCC)OC(=O)CCCCCCCCCCCC. The van der Waals surface area contributed by atoms with Crippen LogP contribution in [0.4, 0.5) is 0 Å². The van der Waals surface area contributed by atoms with E-state index in [4.69, 9.17) is 4.74 Å². The van der Waals surface area contributed by atoms with Crippen LogP contribution in [0.5, 0.6) is 0 Å². The third-order valence-corrected chi connectivity index (χ3v) is 11.0. The summed E-state index contributed by atoms with van der Waals surface area (Å²) < 4.78 is 5.90. The van der Waals surface area contributed by atoms with Crippen LogP contribution in [0.1, 0.15) is 252 Å². The van der Waals surface area contributed by atoms with Gasteiger partial charge in [-0.15, -0.1) is 0 Å². The van der Waals surface area contributed by atoms with Crippen LogP contribution in [0.25, 0.3) is 0 Å². The maximum Gasteiger partial charge on any atom is 0.306 e. The molecule has 0 rings (SSSR count). The van der Waals surface area contributed by atoms with Gasteiger partial charge in [0.15, 0.2) is 0 Å². The maximum absolute atomic E-state index is 13.1. The van der Waals surface area contributed by atoms with Crippen LogP contribution in [0.3, 0.4) is 0 Å². The van der Waals surface area contributed by atoms with Crippen LogP contribution in [-0.2, 0) is 14.3 Å². The number of hydrogen-bond acceptors (Lipinski definition) is 5. The van der Waals surface area contributed by atoms with E-state index in [1.54, 1.807) is 0 Å². The summed E-state index contributed by atoms with van der Waals surface area (Å²) in [6, 6.07) is -0.700. The Hall–Kier alpha value is -1.66. The van der Waals surface area contributed by atoms with Gasteiger partial charge in [0.05, 0.1) is 25.2 Å². The monoisotopic (exact) mass is 776 g/mol. The van der Waals surface area contributed by atoms with Gasteiger partial charge in [0.2, 0.25) is 5.91 Å². The van der Waals surface area contributed by atoms with Gasteiger partial charge in [0, 0.05) is 6.42 Å².